The Morgan fingerprint density at radius 2 is 1.53 bits per heavy atom. The van der Waals surface area contributed by atoms with Crippen LogP contribution in [0.15, 0.2) is 48.5 Å². The summed E-state index contributed by atoms with van der Waals surface area (Å²) in [5, 5.41) is 15.0. The number of benzene rings is 2. The predicted octanol–water partition coefficient (Wildman–Crippen LogP) is 5.04. The fraction of sp³-hybridized carbons (Fsp3) is 0.464. The number of rotatable bonds is 13. The minimum absolute atomic E-state index is 0.0624. The van der Waals surface area contributed by atoms with Gasteiger partial charge in [0.05, 0.1) is 5.75 Å². The third kappa shape index (κ3) is 7.75. The van der Waals surface area contributed by atoms with E-state index in [0.29, 0.717) is 11.7 Å². The smallest absolute Gasteiger partial charge is 0.407 e. The molecular formula is C28H36N2O5S. The summed E-state index contributed by atoms with van der Waals surface area (Å²) in [5.74, 6) is -0.0138. The second-order valence-corrected chi connectivity index (χ2v) is 10.7. The number of fused-ring (bicyclic) bond motifs is 3. The average molecular weight is 513 g/mol. The zero-order valence-electron chi connectivity index (χ0n) is 21.2. The number of amides is 2. The molecule has 7 nitrogen and oxygen atoms in total. The monoisotopic (exact) mass is 512 g/mol. The summed E-state index contributed by atoms with van der Waals surface area (Å²) >= 11 is 1.35. The Hall–Kier alpha value is -3.00. The maximum absolute atomic E-state index is 12.4. The number of carboxylic acids is 1. The molecule has 2 amide bonds. The molecule has 0 saturated heterocycles. The van der Waals surface area contributed by atoms with Crippen molar-refractivity contribution < 1.29 is 24.2 Å². The number of nitrogens with one attached hydrogen (secondary N) is 2. The highest BCUT2D eigenvalue weighted by Crippen LogP contribution is 2.44. The van der Waals surface area contributed by atoms with Crippen LogP contribution < -0.4 is 10.6 Å². The molecule has 0 aliphatic heterocycles. The van der Waals surface area contributed by atoms with Crippen LogP contribution in [0.2, 0.25) is 0 Å². The number of carbonyl (C=O) groups excluding carboxylic acids is 2. The van der Waals surface area contributed by atoms with Crippen LogP contribution in [-0.2, 0) is 14.3 Å². The summed E-state index contributed by atoms with van der Waals surface area (Å²) in [7, 11) is 0. The number of thioether (sulfide) groups is 1. The van der Waals surface area contributed by atoms with Gasteiger partial charge in [0.25, 0.3) is 0 Å². The van der Waals surface area contributed by atoms with Gasteiger partial charge in [-0.3, -0.25) is 4.79 Å². The van der Waals surface area contributed by atoms with Crippen molar-refractivity contribution in [2.24, 2.45) is 5.92 Å². The predicted molar refractivity (Wildman–Crippen MR) is 143 cm³/mol. The maximum Gasteiger partial charge on any atom is 0.407 e. The first-order chi connectivity index (χ1) is 17.3. The lowest BCUT2D eigenvalue weighted by Gasteiger charge is -2.17. The van der Waals surface area contributed by atoms with Gasteiger partial charge >= 0.3 is 12.1 Å². The zero-order valence-corrected chi connectivity index (χ0v) is 22.0. The number of hydrogen-bond acceptors (Lipinski definition) is 5. The highest BCUT2D eigenvalue weighted by atomic mass is 32.2. The molecule has 0 spiro atoms. The van der Waals surface area contributed by atoms with E-state index in [1.807, 2.05) is 43.3 Å². The Morgan fingerprint density at radius 3 is 2.11 bits per heavy atom. The van der Waals surface area contributed by atoms with Gasteiger partial charge in [-0.05, 0) is 60.1 Å². The Bertz CT molecular complexity index is 1010. The van der Waals surface area contributed by atoms with E-state index >= 15 is 0 Å². The van der Waals surface area contributed by atoms with Crippen molar-refractivity contribution in [1.29, 1.82) is 0 Å². The lowest BCUT2D eigenvalue weighted by Crippen LogP contribution is -2.42. The molecule has 2 atom stereocenters. The van der Waals surface area contributed by atoms with E-state index in [2.05, 4.69) is 36.6 Å². The topological polar surface area (TPSA) is 105 Å². The van der Waals surface area contributed by atoms with Crippen LogP contribution in [0.4, 0.5) is 4.79 Å². The van der Waals surface area contributed by atoms with Crippen molar-refractivity contribution in [3.05, 3.63) is 59.7 Å². The van der Waals surface area contributed by atoms with Crippen LogP contribution in [-0.4, -0.2) is 53.3 Å². The van der Waals surface area contributed by atoms with Crippen LogP contribution in [0.5, 0.6) is 0 Å². The molecule has 2 unspecified atom stereocenters. The fourth-order valence-corrected chi connectivity index (χ4v) is 5.19. The largest absolute Gasteiger partial charge is 0.480 e. The molecule has 3 rings (SSSR count). The third-order valence-electron chi connectivity index (χ3n) is 6.30. The molecule has 8 heteroatoms. The average Bonchev–Trinajstić information content (AvgIpc) is 3.17. The number of carboxylic acid groups (broad SMARTS) is 1. The second kappa shape index (κ2) is 13.3. The zero-order chi connectivity index (χ0) is 26.1. The van der Waals surface area contributed by atoms with E-state index in [0.717, 1.165) is 35.1 Å². The molecule has 0 fully saturated rings. The molecule has 36 heavy (non-hydrogen) atoms. The van der Waals surface area contributed by atoms with E-state index in [-0.39, 0.29) is 36.6 Å². The molecule has 0 saturated carbocycles. The molecule has 2 aromatic carbocycles. The van der Waals surface area contributed by atoms with Gasteiger partial charge in [-0.25, -0.2) is 9.59 Å². The van der Waals surface area contributed by atoms with Gasteiger partial charge in [-0.2, -0.15) is 11.8 Å². The summed E-state index contributed by atoms with van der Waals surface area (Å²) in [4.78, 5) is 36.2. The minimum Gasteiger partial charge on any atom is -0.480 e. The summed E-state index contributed by atoms with van der Waals surface area (Å²) in [6.07, 6.45) is 1.42. The molecule has 0 aromatic heterocycles. The fourth-order valence-electron chi connectivity index (χ4n) is 4.38. The van der Waals surface area contributed by atoms with Gasteiger partial charge in [0, 0.05) is 12.0 Å². The Morgan fingerprint density at radius 1 is 0.917 bits per heavy atom. The first-order valence-electron chi connectivity index (χ1n) is 12.5. The molecular weight excluding hydrogens is 476 g/mol. The number of carbonyl (C=O) groups is 3. The Kier molecular flexibility index (Phi) is 10.2. The maximum atomic E-state index is 12.4. The summed E-state index contributed by atoms with van der Waals surface area (Å²) in [6, 6.07) is 15.1. The quantitative estimate of drug-likeness (QED) is 0.325. The van der Waals surface area contributed by atoms with E-state index in [1.54, 1.807) is 0 Å². The Balaban J connectivity index is 1.43. The van der Waals surface area contributed by atoms with E-state index in [1.165, 1.54) is 11.8 Å². The van der Waals surface area contributed by atoms with Crippen LogP contribution >= 0.6 is 11.8 Å². The molecule has 0 bridgehead atoms. The van der Waals surface area contributed by atoms with Crippen LogP contribution in [0.25, 0.3) is 11.1 Å². The number of aliphatic carboxylic acids is 1. The van der Waals surface area contributed by atoms with Crippen molar-refractivity contribution >= 4 is 29.7 Å². The van der Waals surface area contributed by atoms with Crippen molar-refractivity contribution in [2.75, 3.05) is 18.1 Å². The van der Waals surface area contributed by atoms with Crippen LogP contribution in [0.1, 0.15) is 57.1 Å². The lowest BCUT2D eigenvalue weighted by atomic mass is 9.98. The summed E-state index contributed by atoms with van der Waals surface area (Å²) in [6.45, 7) is 6.42. The van der Waals surface area contributed by atoms with Crippen molar-refractivity contribution in [3.8, 4) is 11.1 Å². The summed E-state index contributed by atoms with van der Waals surface area (Å²) in [5.41, 5.74) is 4.44. The minimum atomic E-state index is -1.13. The lowest BCUT2D eigenvalue weighted by molar-refractivity contribution is -0.139. The number of alkyl carbamates (subject to hydrolysis) is 1. The van der Waals surface area contributed by atoms with Crippen molar-refractivity contribution in [2.45, 2.75) is 58.0 Å². The number of hydrogen-bond donors (Lipinski definition) is 3. The molecule has 1 aliphatic carbocycles. The van der Waals surface area contributed by atoms with E-state index < -0.39 is 18.1 Å². The van der Waals surface area contributed by atoms with E-state index in [9.17, 15) is 19.5 Å². The van der Waals surface area contributed by atoms with Gasteiger partial charge in [0.2, 0.25) is 5.91 Å². The molecule has 3 N–H and O–H groups in total. The SMILES string of the molecule is CC(C)CCC(C)NC(=O)CSCCC(NC(=O)OCC1c2ccccc2-c2ccccc21)C(=O)O. The highest BCUT2D eigenvalue weighted by Gasteiger charge is 2.29. The molecule has 1 aliphatic rings. The molecule has 0 radical (unpaired) electrons. The molecule has 0 heterocycles. The summed E-state index contributed by atoms with van der Waals surface area (Å²) < 4.78 is 5.46. The van der Waals surface area contributed by atoms with Crippen LogP contribution in [0, 0.1) is 5.92 Å². The second-order valence-electron chi connectivity index (χ2n) is 9.64. The first kappa shape index (κ1) is 27.6. The van der Waals surface area contributed by atoms with E-state index in [4.69, 9.17) is 4.74 Å². The van der Waals surface area contributed by atoms with Gasteiger partial charge in [0.1, 0.15) is 12.6 Å². The van der Waals surface area contributed by atoms with Gasteiger partial charge < -0.3 is 20.5 Å². The van der Waals surface area contributed by atoms with Crippen LogP contribution in [0.3, 0.4) is 0 Å². The Labute approximate surface area is 217 Å². The normalized spacial score (nSPS) is 14.0. The van der Waals surface area contributed by atoms with Crippen molar-refractivity contribution in [3.63, 3.8) is 0 Å². The standard InChI is InChI=1S/C28H36N2O5S/c1-18(2)12-13-19(3)29-26(31)17-36-15-14-25(27(32)33)30-28(34)35-16-24-22-10-6-4-8-20(22)21-9-5-7-11-23(21)24/h4-11,18-19,24-25H,12-17H2,1-3H3,(H,29,31)(H,30,34)(H,32,33). The first-order valence-corrected chi connectivity index (χ1v) is 13.6. The molecule has 2 aromatic rings. The van der Waals surface area contributed by atoms with Gasteiger partial charge in [-0.1, -0.05) is 62.4 Å². The highest BCUT2D eigenvalue weighted by molar-refractivity contribution is 7.99. The number of ether oxygens (including phenoxy) is 1. The van der Waals surface area contributed by atoms with Gasteiger partial charge in [-0.15, -0.1) is 0 Å². The third-order valence-corrected chi connectivity index (χ3v) is 7.29. The van der Waals surface area contributed by atoms with Gasteiger partial charge in [0.15, 0.2) is 0 Å². The van der Waals surface area contributed by atoms with Crippen molar-refractivity contribution in [1.82, 2.24) is 10.6 Å². The molecule has 194 valence electrons.